The second kappa shape index (κ2) is 10.4. The van der Waals surface area contributed by atoms with Gasteiger partial charge in [0.25, 0.3) is 0 Å². The molecule has 2 aliphatic rings. The fraction of sp³-hybridized carbons (Fsp3) is 0.471. The SMILES string of the molecule is C=C1CC2(CCN(Cc3c(OC)cc(C)c4c3ccn4C(=O)OC(C)(C)C)C(C)(c3ccc(C(=O)OC)cc3)C2)C1. The van der Waals surface area contributed by atoms with E-state index in [9.17, 15) is 9.59 Å². The molecular formula is C34H42N2O5. The second-order valence-electron chi connectivity index (χ2n) is 13.1. The minimum Gasteiger partial charge on any atom is -0.496 e. The molecule has 218 valence electrons. The van der Waals surface area contributed by atoms with Crippen molar-refractivity contribution >= 4 is 23.0 Å². The molecule has 2 fully saturated rings. The van der Waals surface area contributed by atoms with E-state index in [1.54, 1.807) is 17.9 Å². The van der Waals surface area contributed by atoms with Crippen molar-refractivity contribution < 1.29 is 23.8 Å². The number of aryl methyl sites for hydroxylation is 1. The third-order valence-corrected chi connectivity index (χ3v) is 8.90. The van der Waals surface area contributed by atoms with Crippen LogP contribution in [-0.4, -0.2) is 47.9 Å². The van der Waals surface area contributed by atoms with Gasteiger partial charge < -0.3 is 14.2 Å². The molecule has 1 aromatic heterocycles. The van der Waals surface area contributed by atoms with E-state index in [1.165, 1.54) is 12.7 Å². The smallest absolute Gasteiger partial charge is 0.419 e. The van der Waals surface area contributed by atoms with Crippen LogP contribution in [0.25, 0.3) is 10.9 Å². The molecular weight excluding hydrogens is 516 g/mol. The Hall–Kier alpha value is -3.58. The van der Waals surface area contributed by atoms with E-state index < -0.39 is 11.7 Å². The molecule has 41 heavy (non-hydrogen) atoms. The lowest BCUT2D eigenvalue weighted by atomic mass is 9.56. The summed E-state index contributed by atoms with van der Waals surface area (Å²) in [6.45, 7) is 15.7. The van der Waals surface area contributed by atoms with E-state index >= 15 is 0 Å². The highest BCUT2D eigenvalue weighted by atomic mass is 16.6. The summed E-state index contributed by atoms with van der Waals surface area (Å²) in [6.07, 6.45) is 5.61. The Labute approximate surface area is 243 Å². The average Bonchev–Trinajstić information content (AvgIpc) is 3.35. The molecule has 7 heteroatoms. The quantitative estimate of drug-likeness (QED) is 0.240. The number of ether oxygens (including phenoxy) is 3. The van der Waals surface area contributed by atoms with Crippen LogP contribution in [0.1, 0.15) is 80.4 Å². The van der Waals surface area contributed by atoms with Crippen LogP contribution in [0.15, 0.2) is 54.7 Å². The minimum absolute atomic E-state index is 0.246. The first kappa shape index (κ1) is 28.9. The van der Waals surface area contributed by atoms with Crippen LogP contribution < -0.4 is 4.74 Å². The van der Waals surface area contributed by atoms with Gasteiger partial charge in [0.15, 0.2) is 0 Å². The van der Waals surface area contributed by atoms with E-state index in [0.717, 1.165) is 65.6 Å². The molecule has 5 rings (SSSR count). The summed E-state index contributed by atoms with van der Waals surface area (Å²) in [5, 5.41) is 0.980. The Bertz CT molecular complexity index is 1500. The highest BCUT2D eigenvalue weighted by Gasteiger charge is 2.51. The average molecular weight is 559 g/mol. The zero-order chi connectivity index (χ0) is 29.7. The first-order chi connectivity index (χ1) is 19.3. The van der Waals surface area contributed by atoms with Gasteiger partial charge in [-0.05, 0) is 108 Å². The number of hydrogen-bond donors (Lipinski definition) is 0. The summed E-state index contributed by atoms with van der Waals surface area (Å²) >= 11 is 0. The van der Waals surface area contributed by atoms with Crippen molar-refractivity contribution in [3.8, 4) is 5.75 Å². The Kier molecular flexibility index (Phi) is 7.31. The summed E-state index contributed by atoms with van der Waals surface area (Å²) in [5.74, 6) is 0.466. The van der Waals surface area contributed by atoms with Crippen molar-refractivity contribution in [2.75, 3.05) is 20.8 Å². The van der Waals surface area contributed by atoms with Gasteiger partial charge in [0, 0.05) is 29.2 Å². The Morgan fingerprint density at radius 1 is 1.07 bits per heavy atom. The molecule has 1 aliphatic heterocycles. The summed E-state index contributed by atoms with van der Waals surface area (Å²) in [6, 6.07) is 11.9. The fourth-order valence-corrected chi connectivity index (χ4v) is 7.04. The summed E-state index contributed by atoms with van der Waals surface area (Å²) < 4.78 is 18.2. The van der Waals surface area contributed by atoms with E-state index in [4.69, 9.17) is 14.2 Å². The lowest BCUT2D eigenvalue weighted by Crippen LogP contribution is -2.55. The number of piperidine rings is 1. The molecule has 0 amide bonds. The van der Waals surface area contributed by atoms with Crippen molar-refractivity contribution in [2.24, 2.45) is 5.41 Å². The molecule has 0 radical (unpaired) electrons. The number of hydrogen-bond acceptors (Lipinski definition) is 6. The zero-order valence-electron chi connectivity index (χ0n) is 25.4. The van der Waals surface area contributed by atoms with Crippen LogP contribution in [0, 0.1) is 12.3 Å². The largest absolute Gasteiger partial charge is 0.496 e. The highest BCUT2D eigenvalue weighted by Crippen LogP contribution is 2.58. The predicted molar refractivity (Wildman–Crippen MR) is 160 cm³/mol. The van der Waals surface area contributed by atoms with Crippen LogP contribution in [0.4, 0.5) is 4.79 Å². The first-order valence-corrected chi connectivity index (χ1v) is 14.3. The van der Waals surface area contributed by atoms with E-state index in [1.807, 2.05) is 52.0 Å². The molecule has 3 aromatic rings. The van der Waals surface area contributed by atoms with Gasteiger partial charge in [-0.2, -0.15) is 0 Å². The van der Waals surface area contributed by atoms with Crippen molar-refractivity contribution in [1.29, 1.82) is 0 Å². The fourth-order valence-electron chi connectivity index (χ4n) is 7.04. The lowest BCUT2D eigenvalue weighted by molar-refractivity contribution is -0.0418. The number of benzene rings is 2. The molecule has 1 unspecified atom stereocenters. The molecule has 1 aliphatic carbocycles. The maximum atomic E-state index is 13.1. The van der Waals surface area contributed by atoms with E-state index in [0.29, 0.717) is 12.1 Å². The van der Waals surface area contributed by atoms with Crippen molar-refractivity contribution in [3.05, 3.63) is 77.0 Å². The normalized spacial score (nSPS) is 20.6. The first-order valence-electron chi connectivity index (χ1n) is 14.3. The number of esters is 1. The lowest BCUT2D eigenvalue weighted by Gasteiger charge is -2.57. The highest BCUT2D eigenvalue weighted by molar-refractivity contribution is 5.95. The summed E-state index contributed by atoms with van der Waals surface area (Å²) in [4.78, 5) is 27.8. The van der Waals surface area contributed by atoms with Gasteiger partial charge in [0.05, 0.1) is 25.3 Å². The standard InChI is InChI=1S/C34H42N2O5/c1-22-18-34(19-22)14-16-35(33(6,21-34)25-11-9-24(10-12-25)30(37)40-8)20-27-26-13-15-36(31(38)41-32(3,4)5)29(26)23(2)17-28(27)39-7/h9-13,15,17H,1,14,16,18-21H2,2-8H3. The van der Waals surface area contributed by atoms with Crippen LogP contribution in [0.5, 0.6) is 5.75 Å². The third kappa shape index (κ3) is 5.28. The Morgan fingerprint density at radius 2 is 1.76 bits per heavy atom. The predicted octanol–water partition coefficient (Wildman–Crippen LogP) is 7.38. The van der Waals surface area contributed by atoms with Gasteiger partial charge in [-0.1, -0.05) is 24.3 Å². The van der Waals surface area contributed by atoms with Crippen LogP contribution >= 0.6 is 0 Å². The molecule has 7 nitrogen and oxygen atoms in total. The monoisotopic (exact) mass is 558 g/mol. The number of fused-ring (bicyclic) bond motifs is 1. The second-order valence-corrected chi connectivity index (χ2v) is 13.1. The maximum Gasteiger partial charge on any atom is 0.419 e. The number of carbonyl (C=O) groups is 2. The molecule has 0 bridgehead atoms. The number of methoxy groups -OCH3 is 2. The van der Waals surface area contributed by atoms with Crippen molar-refractivity contribution in [1.82, 2.24) is 9.47 Å². The van der Waals surface area contributed by atoms with Crippen molar-refractivity contribution in [2.45, 2.75) is 78.0 Å². The molecule has 2 aromatic carbocycles. The van der Waals surface area contributed by atoms with Crippen molar-refractivity contribution in [3.63, 3.8) is 0 Å². The van der Waals surface area contributed by atoms with E-state index in [-0.39, 0.29) is 16.9 Å². The molecule has 1 saturated heterocycles. The van der Waals surface area contributed by atoms with Gasteiger partial charge in [0.2, 0.25) is 0 Å². The molecule has 1 spiro atoms. The molecule has 1 atom stereocenters. The van der Waals surface area contributed by atoms with Gasteiger partial charge in [-0.25, -0.2) is 9.59 Å². The van der Waals surface area contributed by atoms with Crippen LogP contribution in [-0.2, 0) is 21.6 Å². The molecule has 1 saturated carbocycles. The molecule has 2 heterocycles. The number of aromatic nitrogens is 1. The van der Waals surface area contributed by atoms with Gasteiger partial charge >= 0.3 is 12.1 Å². The Balaban J connectivity index is 1.57. The summed E-state index contributed by atoms with van der Waals surface area (Å²) in [7, 11) is 3.10. The number of rotatable bonds is 5. The maximum absolute atomic E-state index is 13.1. The molecule has 0 N–H and O–H groups in total. The van der Waals surface area contributed by atoms with Gasteiger partial charge in [-0.15, -0.1) is 0 Å². The number of carbonyl (C=O) groups excluding carboxylic acids is 2. The number of allylic oxidation sites excluding steroid dienone is 1. The zero-order valence-corrected chi connectivity index (χ0v) is 25.4. The van der Waals surface area contributed by atoms with Gasteiger partial charge in [-0.3, -0.25) is 9.47 Å². The number of nitrogens with zero attached hydrogens (tertiary/aromatic N) is 2. The Morgan fingerprint density at radius 3 is 2.34 bits per heavy atom. The summed E-state index contributed by atoms with van der Waals surface area (Å²) in [5.41, 5.74) is 5.22. The third-order valence-electron chi connectivity index (χ3n) is 8.90. The minimum atomic E-state index is -0.599. The topological polar surface area (TPSA) is 70.0 Å². The van der Waals surface area contributed by atoms with E-state index in [2.05, 4.69) is 30.5 Å². The van der Waals surface area contributed by atoms with Crippen LogP contribution in [0.2, 0.25) is 0 Å². The van der Waals surface area contributed by atoms with Crippen LogP contribution in [0.3, 0.4) is 0 Å². The van der Waals surface area contributed by atoms with Gasteiger partial charge in [0.1, 0.15) is 11.4 Å². The number of likely N-dealkylation sites (tertiary alicyclic amines) is 1.